The summed E-state index contributed by atoms with van der Waals surface area (Å²) in [5.41, 5.74) is 10.7. The van der Waals surface area contributed by atoms with Crippen molar-refractivity contribution in [2.45, 2.75) is 106 Å². The number of fused-ring (bicyclic) bond motifs is 3. The summed E-state index contributed by atoms with van der Waals surface area (Å²) in [5.74, 6) is 4.45. The number of ether oxygens (including phenoxy) is 1. The molecule has 0 fully saturated rings. The second kappa shape index (κ2) is 15.6. The van der Waals surface area contributed by atoms with Gasteiger partial charge in [0.2, 0.25) is 0 Å². The van der Waals surface area contributed by atoms with Crippen LogP contribution < -0.4 is 4.74 Å². The predicted molar refractivity (Wildman–Crippen MR) is 211 cm³/mol. The average molecular weight is 872 g/mol. The number of allylic oxidation sites excluding steroid dienone is 2. The van der Waals surface area contributed by atoms with Gasteiger partial charge in [-0.05, 0) is 98.0 Å². The van der Waals surface area contributed by atoms with E-state index in [0.717, 1.165) is 52.9 Å². The van der Waals surface area contributed by atoms with Gasteiger partial charge in [0.15, 0.2) is 0 Å². The van der Waals surface area contributed by atoms with Crippen LogP contribution in [0.5, 0.6) is 11.5 Å². The van der Waals surface area contributed by atoms with Gasteiger partial charge in [-0.1, -0.05) is 83.8 Å². The first-order valence-corrected chi connectivity index (χ1v) is 18.9. The van der Waals surface area contributed by atoms with Gasteiger partial charge in [0.25, 0.3) is 0 Å². The molecular formula is C46H52N4OPt. The molecule has 6 aromatic rings. The maximum atomic E-state index is 6.72. The van der Waals surface area contributed by atoms with Gasteiger partial charge >= 0.3 is 21.1 Å². The van der Waals surface area contributed by atoms with Gasteiger partial charge in [-0.2, -0.15) is 11.2 Å². The van der Waals surface area contributed by atoms with Gasteiger partial charge in [0.1, 0.15) is 5.82 Å². The average Bonchev–Trinajstić information content (AvgIpc) is 3.61. The number of hydrogen-bond acceptors (Lipinski definition) is 3. The summed E-state index contributed by atoms with van der Waals surface area (Å²) in [6.45, 7) is 20.4. The molecule has 0 saturated heterocycles. The van der Waals surface area contributed by atoms with Crippen LogP contribution in [0.1, 0.15) is 120 Å². The van der Waals surface area contributed by atoms with E-state index in [4.69, 9.17) is 14.8 Å². The third kappa shape index (κ3) is 7.31. The summed E-state index contributed by atoms with van der Waals surface area (Å²) >= 11 is 0. The first-order valence-electron chi connectivity index (χ1n) is 18.9. The number of nitrogens with zero attached hydrogens (tertiary/aromatic N) is 4. The molecule has 0 saturated carbocycles. The first kappa shape index (κ1) is 37.8. The number of benzene rings is 3. The van der Waals surface area contributed by atoms with Crippen molar-refractivity contribution < 1.29 is 25.8 Å². The van der Waals surface area contributed by atoms with Crippen LogP contribution in [-0.2, 0) is 27.5 Å². The quantitative estimate of drug-likeness (QED) is 0.102. The largest absolute Gasteiger partial charge is 2.00 e. The van der Waals surface area contributed by atoms with Crippen LogP contribution in [0.25, 0.3) is 33.3 Å². The van der Waals surface area contributed by atoms with Crippen LogP contribution in [0.4, 0.5) is 0 Å². The topological polar surface area (TPSA) is 44.9 Å². The monoisotopic (exact) mass is 871 g/mol. The molecule has 1 unspecified atom stereocenters. The van der Waals surface area contributed by atoms with Gasteiger partial charge in [0, 0.05) is 40.4 Å². The molecule has 0 bridgehead atoms. The van der Waals surface area contributed by atoms with E-state index in [1.54, 1.807) is 0 Å². The van der Waals surface area contributed by atoms with Crippen LogP contribution in [0.2, 0.25) is 0 Å². The van der Waals surface area contributed by atoms with E-state index in [9.17, 15) is 0 Å². The maximum Gasteiger partial charge on any atom is 2.00 e. The first-order chi connectivity index (χ1) is 24.5. The van der Waals surface area contributed by atoms with E-state index in [-0.39, 0.29) is 21.1 Å². The van der Waals surface area contributed by atoms with Crippen molar-refractivity contribution in [2.24, 2.45) is 11.8 Å². The molecule has 3 heterocycles. The second-order valence-corrected chi connectivity index (χ2v) is 15.7. The SMILES string of the molecule is CC1=CCC[C@H](C)C1c1c(C)nn(-c2[c-]c(Oc3[c-]c4c(cc3)c3ccccc3n4-c3cc(C(C)C)ccn3)cc(C(C)C)c2)c1CCC(C)C.[Pt+2]. The molecule has 2 atom stereocenters. The van der Waals surface area contributed by atoms with Crippen molar-refractivity contribution >= 4 is 21.8 Å². The Balaban J connectivity index is 0.00000464. The molecule has 3 aromatic heterocycles. The summed E-state index contributed by atoms with van der Waals surface area (Å²) in [7, 11) is 0. The molecule has 7 rings (SSSR count). The smallest absolute Gasteiger partial charge is 0.509 e. The van der Waals surface area contributed by atoms with E-state index in [0.29, 0.717) is 41.1 Å². The van der Waals surface area contributed by atoms with E-state index in [1.807, 2.05) is 12.3 Å². The van der Waals surface area contributed by atoms with Crippen LogP contribution in [0, 0.1) is 30.9 Å². The third-order valence-electron chi connectivity index (χ3n) is 10.8. The number of aryl methyl sites for hydroxylation is 1. The zero-order chi connectivity index (χ0) is 36.0. The Morgan fingerprint density at radius 2 is 1.63 bits per heavy atom. The summed E-state index contributed by atoms with van der Waals surface area (Å²) in [6, 6.07) is 28.6. The second-order valence-electron chi connectivity index (χ2n) is 15.7. The Morgan fingerprint density at radius 3 is 2.37 bits per heavy atom. The number of aromatic nitrogens is 4. The molecule has 1 aliphatic rings. The van der Waals surface area contributed by atoms with E-state index in [2.05, 4.69) is 144 Å². The minimum atomic E-state index is 0. The van der Waals surface area contributed by atoms with Crippen molar-refractivity contribution in [1.82, 2.24) is 19.3 Å². The Labute approximate surface area is 324 Å². The van der Waals surface area contributed by atoms with Gasteiger partial charge in [-0.3, -0.25) is 4.68 Å². The molecule has 0 spiro atoms. The van der Waals surface area contributed by atoms with Gasteiger partial charge in [-0.25, -0.2) is 4.98 Å². The number of hydrogen-bond donors (Lipinski definition) is 0. The molecule has 0 N–H and O–H groups in total. The molecule has 272 valence electrons. The summed E-state index contributed by atoms with van der Waals surface area (Å²) < 4.78 is 11.1. The molecule has 0 radical (unpaired) electrons. The minimum absolute atomic E-state index is 0. The molecule has 0 amide bonds. The van der Waals surface area contributed by atoms with Crippen LogP contribution in [-0.4, -0.2) is 19.3 Å². The standard InChI is InChI=1S/C46H52N4O.Pt/c1-28(2)17-20-42-46(45-31(7)13-12-14-32(45)8)33(9)48-50(42)36-23-35(30(5)6)24-38(26-36)51-37-18-19-40-39-15-10-11-16-41(39)49(43(40)27-37)44-25-34(29(3)4)21-22-47-44;/h10-11,13,15-16,18-19,21-25,28-30,32,45H,12,14,17,20H2,1-9H3;/q-2;+2/t32-,45?;/m0./s1. The van der Waals surface area contributed by atoms with E-state index >= 15 is 0 Å². The molecule has 1 aliphatic carbocycles. The van der Waals surface area contributed by atoms with Gasteiger partial charge in [-0.15, -0.1) is 41.3 Å². The van der Waals surface area contributed by atoms with E-state index < -0.39 is 0 Å². The van der Waals surface area contributed by atoms with Crippen molar-refractivity contribution in [1.29, 1.82) is 0 Å². The molecule has 5 nitrogen and oxygen atoms in total. The fourth-order valence-electron chi connectivity index (χ4n) is 7.94. The fraction of sp³-hybridized carbons (Fsp3) is 0.391. The Morgan fingerprint density at radius 1 is 0.865 bits per heavy atom. The molecule has 52 heavy (non-hydrogen) atoms. The van der Waals surface area contributed by atoms with E-state index in [1.165, 1.54) is 39.8 Å². The Kier molecular flexibility index (Phi) is 11.3. The summed E-state index contributed by atoms with van der Waals surface area (Å²) in [5, 5.41) is 7.55. The molecule has 3 aromatic carbocycles. The summed E-state index contributed by atoms with van der Waals surface area (Å²) in [4.78, 5) is 4.82. The normalized spacial score (nSPS) is 16.3. The Bertz CT molecular complexity index is 2240. The maximum absolute atomic E-state index is 6.72. The van der Waals surface area contributed by atoms with Crippen molar-refractivity contribution in [3.63, 3.8) is 0 Å². The molecule has 0 aliphatic heterocycles. The minimum Gasteiger partial charge on any atom is -0.509 e. The third-order valence-corrected chi connectivity index (χ3v) is 10.8. The van der Waals surface area contributed by atoms with Crippen LogP contribution >= 0.6 is 0 Å². The zero-order valence-electron chi connectivity index (χ0n) is 32.2. The van der Waals surface area contributed by atoms with Gasteiger partial charge in [0.05, 0.1) is 5.69 Å². The molecular weight excluding hydrogens is 820 g/mol. The molecule has 6 heteroatoms. The van der Waals surface area contributed by atoms with Gasteiger partial charge < -0.3 is 9.30 Å². The predicted octanol–water partition coefficient (Wildman–Crippen LogP) is 12.4. The summed E-state index contributed by atoms with van der Waals surface area (Å²) in [6.07, 6.45) is 8.79. The van der Waals surface area contributed by atoms with Crippen molar-refractivity contribution in [2.75, 3.05) is 0 Å². The number of para-hydroxylation sites is 1. The van der Waals surface area contributed by atoms with Crippen LogP contribution in [0.3, 0.4) is 0 Å². The number of pyridine rings is 1. The van der Waals surface area contributed by atoms with Crippen molar-refractivity contribution in [3.05, 3.63) is 119 Å². The number of rotatable bonds is 10. The van der Waals surface area contributed by atoms with Crippen molar-refractivity contribution in [3.8, 4) is 23.0 Å². The van der Waals surface area contributed by atoms with Crippen LogP contribution in [0.15, 0.2) is 78.5 Å². The zero-order valence-corrected chi connectivity index (χ0v) is 34.4. The Hall–Kier alpha value is -3.95. The fourth-order valence-corrected chi connectivity index (χ4v) is 7.94.